The fraction of sp³-hybridized carbons (Fsp3) is 0.909. The van der Waals surface area contributed by atoms with Crippen LogP contribution in [0.2, 0.25) is 0 Å². The summed E-state index contributed by atoms with van der Waals surface area (Å²) in [6.07, 6.45) is 5.99. The van der Waals surface area contributed by atoms with E-state index in [2.05, 4.69) is 5.32 Å². The van der Waals surface area contributed by atoms with Crippen LogP contribution in [0.15, 0.2) is 0 Å². The molecule has 0 aromatic heterocycles. The molecule has 0 unspecified atom stereocenters. The van der Waals surface area contributed by atoms with E-state index in [4.69, 9.17) is 10.5 Å². The Morgan fingerprint density at radius 1 is 1.38 bits per heavy atom. The van der Waals surface area contributed by atoms with Crippen molar-refractivity contribution in [2.24, 2.45) is 5.73 Å². The smallest absolute Gasteiger partial charge is 0.249 e. The molecular formula is C11H21ClN2O2. The Bertz CT molecular complexity index is 236. The number of carbonyl (C=O) groups excluding carboxylic acids is 1. The molecular weight excluding hydrogens is 228 g/mol. The van der Waals surface area contributed by atoms with Crippen molar-refractivity contribution in [3.8, 4) is 0 Å². The summed E-state index contributed by atoms with van der Waals surface area (Å²) in [6, 6.07) is 0. The average Bonchev–Trinajstić information content (AvgIpc) is 2.88. The molecule has 2 rings (SSSR count). The van der Waals surface area contributed by atoms with Gasteiger partial charge in [-0.25, -0.2) is 0 Å². The van der Waals surface area contributed by atoms with Crippen LogP contribution < -0.4 is 11.1 Å². The predicted molar refractivity (Wildman–Crippen MR) is 64.6 cm³/mol. The van der Waals surface area contributed by atoms with E-state index >= 15 is 0 Å². The summed E-state index contributed by atoms with van der Waals surface area (Å²) in [5.41, 5.74) is 5.62. The maximum Gasteiger partial charge on any atom is 0.249 e. The third-order valence-electron chi connectivity index (χ3n) is 3.56. The molecule has 1 amide bonds. The molecule has 1 heterocycles. The summed E-state index contributed by atoms with van der Waals surface area (Å²) < 4.78 is 5.36. The molecule has 5 heteroatoms. The SMILES string of the molecule is Cl.NCC1(NC(=O)[C@H]2CCCO2)CCCC1. The number of ether oxygens (including phenoxy) is 1. The minimum absolute atomic E-state index is 0. The Hall–Kier alpha value is -0.320. The van der Waals surface area contributed by atoms with Crippen LogP contribution in [0.4, 0.5) is 0 Å². The van der Waals surface area contributed by atoms with Crippen LogP contribution >= 0.6 is 12.4 Å². The van der Waals surface area contributed by atoms with Crippen molar-refractivity contribution in [3.05, 3.63) is 0 Å². The second kappa shape index (κ2) is 5.84. The van der Waals surface area contributed by atoms with Crippen molar-refractivity contribution in [3.63, 3.8) is 0 Å². The van der Waals surface area contributed by atoms with Crippen LogP contribution in [0.1, 0.15) is 38.5 Å². The topological polar surface area (TPSA) is 64.3 Å². The van der Waals surface area contributed by atoms with Crippen molar-refractivity contribution < 1.29 is 9.53 Å². The molecule has 0 aromatic rings. The number of halogens is 1. The maximum atomic E-state index is 11.9. The van der Waals surface area contributed by atoms with Gasteiger partial charge in [-0.2, -0.15) is 0 Å². The first-order valence-electron chi connectivity index (χ1n) is 5.89. The molecule has 1 saturated heterocycles. The zero-order valence-electron chi connectivity index (χ0n) is 9.54. The Kier molecular flexibility index (Phi) is 5.02. The van der Waals surface area contributed by atoms with Gasteiger partial charge in [0.1, 0.15) is 6.10 Å². The van der Waals surface area contributed by atoms with Gasteiger partial charge in [-0.3, -0.25) is 4.79 Å². The van der Waals surface area contributed by atoms with Gasteiger partial charge in [0.2, 0.25) is 5.91 Å². The minimum Gasteiger partial charge on any atom is -0.368 e. The molecule has 3 N–H and O–H groups in total. The standard InChI is InChI=1S/C11H20N2O2.ClH/c12-8-11(5-1-2-6-11)13-10(14)9-4-3-7-15-9;/h9H,1-8,12H2,(H,13,14);1H/t9-;/m1./s1. The molecule has 1 aliphatic carbocycles. The second-order valence-corrected chi connectivity index (χ2v) is 4.68. The molecule has 2 aliphatic rings. The normalized spacial score (nSPS) is 27.4. The molecule has 94 valence electrons. The number of carbonyl (C=O) groups is 1. The Morgan fingerprint density at radius 2 is 2.06 bits per heavy atom. The monoisotopic (exact) mass is 248 g/mol. The number of nitrogens with one attached hydrogen (secondary N) is 1. The van der Waals surface area contributed by atoms with E-state index in [1.54, 1.807) is 0 Å². The molecule has 0 aromatic carbocycles. The fourth-order valence-electron chi connectivity index (χ4n) is 2.56. The molecule has 4 nitrogen and oxygen atoms in total. The highest BCUT2D eigenvalue weighted by Crippen LogP contribution is 2.29. The number of rotatable bonds is 3. The molecule has 0 bridgehead atoms. The van der Waals surface area contributed by atoms with Crippen LogP contribution in [0.5, 0.6) is 0 Å². The van der Waals surface area contributed by atoms with E-state index in [-0.39, 0.29) is 30.0 Å². The van der Waals surface area contributed by atoms with Gasteiger partial charge < -0.3 is 15.8 Å². The second-order valence-electron chi connectivity index (χ2n) is 4.68. The molecule has 2 fully saturated rings. The number of nitrogens with two attached hydrogens (primary N) is 1. The van der Waals surface area contributed by atoms with Crippen LogP contribution in [0.25, 0.3) is 0 Å². The van der Waals surface area contributed by atoms with Gasteiger partial charge in [0.15, 0.2) is 0 Å². The molecule has 1 aliphatic heterocycles. The van der Waals surface area contributed by atoms with Crippen molar-refractivity contribution >= 4 is 18.3 Å². The largest absolute Gasteiger partial charge is 0.368 e. The summed E-state index contributed by atoms with van der Waals surface area (Å²) in [7, 11) is 0. The van der Waals surface area contributed by atoms with Crippen LogP contribution in [0, 0.1) is 0 Å². The van der Waals surface area contributed by atoms with Crippen molar-refractivity contribution in [2.75, 3.05) is 13.2 Å². The Balaban J connectivity index is 0.00000128. The van der Waals surface area contributed by atoms with Crippen LogP contribution in [-0.4, -0.2) is 30.7 Å². The van der Waals surface area contributed by atoms with E-state index in [1.165, 1.54) is 12.8 Å². The number of amides is 1. The number of hydrogen-bond acceptors (Lipinski definition) is 3. The highest BCUT2D eigenvalue weighted by Gasteiger charge is 2.36. The lowest BCUT2D eigenvalue weighted by atomic mass is 9.97. The van der Waals surface area contributed by atoms with E-state index in [1.807, 2.05) is 0 Å². The van der Waals surface area contributed by atoms with Gasteiger partial charge in [-0.15, -0.1) is 12.4 Å². The highest BCUT2D eigenvalue weighted by molar-refractivity contribution is 5.85. The third-order valence-corrected chi connectivity index (χ3v) is 3.56. The van der Waals surface area contributed by atoms with Crippen LogP contribution in [0.3, 0.4) is 0 Å². The first-order valence-corrected chi connectivity index (χ1v) is 5.89. The number of hydrogen-bond donors (Lipinski definition) is 2. The summed E-state index contributed by atoms with van der Waals surface area (Å²) >= 11 is 0. The summed E-state index contributed by atoms with van der Waals surface area (Å²) in [5.74, 6) is 0.0415. The van der Waals surface area contributed by atoms with Crippen molar-refractivity contribution in [1.29, 1.82) is 0 Å². The lowest BCUT2D eigenvalue weighted by molar-refractivity contribution is -0.132. The summed E-state index contributed by atoms with van der Waals surface area (Å²) in [5, 5.41) is 3.10. The Labute approximate surface area is 103 Å². The zero-order valence-corrected chi connectivity index (χ0v) is 10.4. The minimum atomic E-state index is -0.228. The average molecular weight is 249 g/mol. The molecule has 16 heavy (non-hydrogen) atoms. The fourth-order valence-corrected chi connectivity index (χ4v) is 2.56. The first-order chi connectivity index (χ1) is 7.26. The van der Waals surface area contributed by atoms with Gasteiger partial charge in [0, 0.05) is 13.2 Å². The van der Waals surface area contributed by atoms with E-state index < -0.39 is 0 Å². The lowest BCUT2D eigenvalue weighted by Gasteiger charge is -2.29. The van der Waals surface area contributed by atoms with E-state index in [0.29, 0.717) is 13.2 Å². The van der Waals surface area contributed by atoms with Crippen molar-refractivity contribution in [1.82, 2.24) is 5.32 Å². The van der Waals surface area contributed by atoms with E-state index in [9.17, 15) is 4.79 Å². The molecule has 0 radical (unpaired) electrons. The van der Waals surface area contributed by atoms with Gasteiger partial charge in [-0.05, 0) is 25.7 Å². The van der Waals surface area contributed by atoms with Crippen molar-refractivity contribution in [2.45, 2.75) is 50.2 Å². The van der Waals surface area contributed by atoms with Crippen LogP contribution in [-0.2, 0) is 9.53 Å². The maximum absolute atomic E-state index is 11.9. The van der Waals surface area contributed by atoms with Gasteiger partial charge in [0.05, 0.1) is 5.54 Å². The zero-order chi connectivity index (χ0) is 10.7. The Morgan fingerprint density at radius 3 is 2.56 bits per heavy atom. The molecule has 0 spiro atoms. The quantitative estimate of drug-likeness (QED) is 0.783. The van der Waals surface area contributed by atoms with Gasteiger partial charge >= 0.3 is 0 Å². The van der Waals surface area contributed by atoms with Gasteiger partial charge in [-0.1, -0.05) is 12.8 Å². The summed E-state index contributed by atoms with van der Waals surface area (Å²) in [6.45, 7) is 1.26. The predicted octanol–water partition coefficient (Wildman–Crippen LogP) is 0.975. The lowest BCUT2D eigenvalue weighted by Crippen LogP contribution is -2.54. The molecule has 1 saturated carbocycles. The third kappa shape index (κ3) is 2.87. The highest BCUT2D eigenvalue weighted by atomic mass is 35.5. The van der Waals surface area contributed by atoms with E-state index in [0.717, 1.165) is 25.7 Å². The van der Waals surface area contributed by atoms with Gasteiger partial charge in [0.25, 0.3) is 0 Å². The summed E-state index contributed by atoms with van der Waals surface area (Å²) in [4.78, 5) is 11.9. The molecule has 1 atom stereocenters. The first kappa shape index (κ1) is 13.7.